The molecule has 2 rings (SSSR count). The highest BCUT2D eigenvalue weighted by atomic mass is 32.1. The highest BCUT2D eigenvalue weighted by molar-refractivity contribution is 7.10. The van der Waals surface area contributed by atoms with Gasteiger partial charge in [-0.2, -0.15) is 0 Å². The molecule has 0 saturated heterocycles. The molecule has 0 aliphatic carbocycles. The Hall–Kier alpha value is -1.23. The standard InChI is InChI=1S/C7H8N4S/c1-2-6-5(3-4-12-6)7-8-10-11-9-7/h3-4H,2H2,1H3,(H,8,9,10,11). The second-order valence-corrected chi connectivity index (χ2v) is 3.36. The van der Waals surface area contributed by atoms with E-state index in [0.717, 1.165) is 17.8 Å². The Kier molecular flexibility index (Phi) is 1.87. The predicted octanol–water partition coefficient (Wildman–Crippen LogP) is 1.49. The van der Waals surface area contributed by atoms with Gasteiger partial charge in [0, 0.05) is 10.4 Å². The number of H-pyrrole nitrogens is 1. The van der Waals surface area contributed by atoms with Gasteiger partial charge in [0.15, 0.2) is 5.82 Å². The number of hydrogen-bond donors (Lipinski definition) is 1. The van der Waals surface area contributed by atoms with Crippen molar-refractivity contribution in [1.29, 1.82) is 0 Å². The summed E-state index contributed by atoms with van der Waals surface area (Å²) in [6.07, 6.45) is 1.02. The second-order valence-electron chi connectivity index (χ2n) is 2.36. The average Bonchev–Trinajstić information content (AvgIpc) is 2.74. The highest BCUT2D eigenvalue weighted by Crippen LogP contribution is 2.24. The van der Waals surface area contributed by atoms with Crippen LogP contribution in [-0.2, 0) is 6.42 Å². The minimum Gasteiger partial charge on any atom is -0.239 e. The van der Waals surface area contributed by atoms with Crippen LogP contribution in [0.5, 0.6) is 0 Å². The van der Waals surface area contributed by atoms with Gasteiger partial charge >= 0.3 is 0 Å². The van der Waals surface area contributed by atoms with Crippen LogP contribution < -0.4 is 0 Å². The fraction of sp³-hybridized carbons (Fsp3) is 0.286. The highest BCUT2D eigenvalue weighted by Gasteiger charge is 2.07. The molecule has 0 spiro atoms. The molecular formula is C7H8N4S. The van der Waals surface area contributed by atoms with Crippen molar-refractivity contribution < 1.29 is 0 Å². The van der Waals surface area contributed by atoms with E-state index in [2.05, 4.69) is 32.9 Å². The van der Waals surface area contributed by atoms with Crippen molar-refractivity contribution in [1.82, 2.24) is 20.6 Å². The van der Waals surface area contributed by atoms with Crippen LogP contribution in [0.15, 0.2) is 11.4 Å². The predicted molar refractivity (Wildman–Crippen MR) is 46.9 cm³/mol. The number of nitrogens with zero attached hydrogens (tertiary/aromatic N) is 3. The second kappa shape index (κ2) is 3.02. The largest absolute Gasteiger partial charge is 0.239 e. The summed E-state index contributed by atoms with van der Waals surface area (Å²) in [6, 6.07) is 2.03. The molecule has 2 heterocycles. The first-order valence-electron chi connectivity index (χ1n) is 3.72. The van der Waals surface area contributed by atoms with Crippen molar-refractivity contribution in [3.8, 4) is 11.4 Å². The summed E-state index contributed by atoms with van der Waals surface area (Å²) in [5.41, 5.74) is 1.12. The zero-order valence-electron chi connectivity index (χ0n) is 6.61. The molecule has 12 heavy (non-hydrogen) atoms. The molecule has 0 bridgehead atoms. The summed E-state index contributed by atoms with van der Waals surface area (Å²) >= 11 is 1.73. The zero-order chi connectivity index (χ0) is 8.39. The molecule has 0 amide bonds. The Labute approximate surface area is 73.6 Å². The van der Waals surface area contributed by atoms with E-state index in [1.54, 1.807) is 11.3 Å². The number of hydrogen-bond acceptors (Lipinski definition) is 4. The van der Waals surface area contributed by atoms with E-state index in [9.17, 15) is 0 Å². The lowest BCUT2D eigenvalue weighted by atomic mass is 10.2. The van der Waals surface area contributed by atoms with E-state index >= 15 is 0 Å². The number of aromatic nitrogens is 4. The Balaban J connectivity index is 2.46. The molecule has 62 valence electrons. The first-order chi connectivity index (χ1) is 5.92. The van der Waals surface area contributed by atoms with Gasteiger partial charge in [0.1, 0.15) is 0 Å². The molecule has 5 heteroatoms. The van der Waals surface area contributed by atoms with Crippen LogP contribution in [0, 0.1) is 0 Å². The SMILES string of the molecule is CCc1sccc1-c1nnn[nH]1. The Morgan fingerprint density at radius 2 is 2.50 bits per heavy atom. The van der Waals surface area contributed by atoms with Crippen LogP contribution in [0.1, 0.15) is 11.8 Å². The monoisotopic (exact) mass is 180 g/mol. The van der Waals surface area contributed by atoms with Crippen molar-refractivity contribution in [2.45, 2.75) is 13.3 Å². The fourth-order valence-electron chi connectivity index (χ4n) is 1.10. The lowest BCUT2D eigenvalue weighted by Gasteiger charge is -1.93. The molecule has 1 N–H and O–H groups in total. The topological polar surface area (TPSA) is 54.5 Å². The minimum atomic E-state index is 0.758. The van der Waals surface area contributed by atoms with Crippen LogP contribution in [0.3, 0.4) is 0 Å². The lowest BCUT2D eigenvalue weighted by Crippen LogP contribution is -1.82. The van der Waals surface area contributed by atoms with Gasteiger partial charge in [-0.15, -0.1) is 16.4 Å². The molecule has 0 aromatic carbocycles. The number of tetrazole rings is 1. The van der Waals surface area contributed by atoms with Crippen molar-refractivity contribution in [3.05, 3.63) is 16.3 Å². The quantitative estimate of drug-likeness (QED) is 0.761. The number of thiophene rings is 1. The van der Waals surface area contributed by atoms with E-state index < -0.39 is 0 Å². The maximum Gasteiger partial charge on any atom is 0.180 e. The van der Waals surface area contributed by atoms with Crippen molar-refractivity contribution in [2.75, 3.05) is 0 Å². The summed E-state index contributed by atoms with van der Waals surface area (Å²) < 4.78 is 0. The summed E-state index contributed by atoms with van der Waals surface area (Å²) in [7, 11) is 0. The maximum atomic E-state index is 3.86. The molecule has 0 saturated carbocycles. The third-order valence-corrected chi connectivity index (χ3v) is 2.73. The summed E-state index contributed by atoms with van der Waals surface area (Å²) in [5.74, 6) is 0.758. The van der Waals surface area contributed by atoms with Gasteiger partial charge in [-0.3, -0.25) is 0 Å². The van der Waals surface area contributed by atoms with Crippen molar-refractivity contribution in [3.63, 3.8) is 0 Å². The Morgan fingerprint density at radius 1 is 1.58 bits per heavy atom. The molecule has 0 radical (unpaired) electrons. The zero-order valence-corrected chi connectivity index (χ0v) is 7.43. The third kappa shape index (κ3) is 1.12. The minimum absolute atomic E-state index is 0.758. The van der Waals surface area contributed by atoms with Crippen LogP contribution >= 0.6 is 11.3 Å². The van der Waals surface area contributed by atoms with Crippen LogP contribution in [-0.4, -0.2) is 20.6 Å². The lowest BCUT2D eigenvalue weighted by molar-refractivity contribution is 0.881. The van der Waals surface area contributed by atoms with Gasteiger partial charge in [0.25, 0.3) is 0 Å². The van der Waals surface area contributed by atoms with E-state index in [1.165, 1.54) is 4.88 Å². The van der Waals surface area contributed by atoms with E-state index in [4.69, 9.17) is 0 Å². The van der Waals surface area contributed by atoms with Crippen LogP contribution in [0.25, 0.3) is 11.4 Å². The van der Waals surface area contributed by atoms with Gasteiger partial charge in [-0.05, 0) is 28.3 Å². The van der Waals surface area contributed by atoms with Gasteiger partial charge in [0.2, 0.25) is 0 Å². The van der Waals surface area contributed by atoms with Gasteiger partial charge in [-0.1, -0.05) is 6.92 Å². The smallest absolute Gasteiger partial charge is 0.180 e. The van der Waals surface area contributed by atoms with E-state index in [0.29, 0.717) is 0 Å². The third-order valence-electron chi connectivity index (χ3n) is 1.67. The average molecular weight is 180 g/mol. The molecule has 2 aromatic heterocycles. The van der Waals surface area contributed by atoms with Crippen molar-refractivity contribution >= 4 is 11.3 Å². The molecule has 0 fully saturated rings. The van der Waals surface area contributed by atoms with Crippen LogP contribution in [0.4, 0.5) is 0 Å². The summed E-state index contributed by atoms with van der Waals surface area (Å²) in [4.78, 5) is 1.31. The maximum absolute atomic E-state index is 3.86. The molecule has 0 atom stereocenters. The normalized spacial score (nSPS) is 10.4. The van der Waals surface area contributed by atoms with Crippen LogP contribution in [0.2, 0.25) is 0 Å². The molecule has 2 aromatic rings. The van der Waals surface area contributed by atoms with E-state index in [-0.39, 0.29) is 0 Å². The molecule has 0 unspecified atom stereocenters. The Morgan fingerprint density at radius 3 is 3.17 bits per heavy atom. The number of aromatic amines is 1. The van der Waals surface area contributed by atoms with Gasteiger partial charge < -0.3 is 0 Å². The molecule has 0 aliphatic rings. The van der Waals surface area contributed by atoms with Crippen molar-refractivity contribution in [2.24, 2.45) is 0 Å². The Bertz CT molecular complexity index is 351. The van der Waals surface area contributed by atoms with Gasteiger partial charge in [0.05, 0.1) is 0 Å². The molecular weight excluding hydrogens is 172 g/mol. The first kappa shape index (κ1) is 7.42. The summed E-state index contributed by atoms with van der Waals surface area (Å²) in [5, 5.41) is 15.7. The number of aryl methyl sites for hydroxylation is 1. The fourth-order valence-corrected chi connectivity index (χ4v) is 1.93. The first-order valence-corrected chi connectivity index (χ1v) is 4.60. The number of rotatable bonds is 2. The number of nitrogens with one attached hydrogen (secondary N) is 1. The molecule has 4 nitrogen and oxygen atoms in total. The van der Waals surface area contributed by atoms with E-state index in [1.807, 2.05) is 6.07 Å². The summed E-state index contributed by atoms with van der Waals surface area (Å²) in [6.45, 7) is 2.12. The molecule has 0 aliphatic heterocycles. The van der Waals surface area contributed by atoms with Gasteiger partial charge in [-0.25, -0.2) is 5.10 Å².